The molecule has 2 amide bonds. The second-order valence-corrected chi connectivity index (χ2v) is 6.82. The van der Waals surface area contributed by atoms with Gasteiger partial charge in [-0.15, -0.1) is 0 Å². The first-order valence-electron chi connectivity index (χ1n) is 6.77. The second kappa shape index (κ2) is 8.63. The molecule has 0 fully saturated rings. The Balaban J connectivity index is 2.34. The van der Waals surface area contributed by atoms with Crippen molar-refractivity contribution in [2.45, 2.75) is 24.3 Å². The van der Waals surface area contributed by atoms with Crippen molar-refractivity contribution in [1.29, 1.82) is 0 Å². The molecule has 1 aromatic carbocycles. The molecular formula is C14H22N2O4S. The highest BCUT2D eigenvalue weighted by Crippen LogP contribution is 2.09. The maximum absolute atomic E-state index is 12.0. The lowest BCUT2D eigenvalue weighted by Gasteiger charge is -2.14. The van der Waals surface area contributed by atoms with Gasteiger partial charge in [0.25, 0.3) is 0 Å². The summed E-state index contributed by atoms with van der Waals surface area (Å²) >= 11 is 0. The van der Waals surface area contributed by atoms with Crippen LogP contribution in [0, 0.1) is 0 Å². The lowest BCUT2D eigenvalue weighted by molar-refractivity contribution is 0.184. The number of amides is 2. The first kappa shape index (κ1) is 17.5. The normalized spacial score (nSPS) is 12.7. The third kappa shape index (κ3) is 6.59. The number of carbonyl (C=O) groups is 1. The number of hydrogen-bond acceptors (Lipinski definition) is 4. The summed E-state index contributed by atoms with van der Waals surface area (Å²) in [6.07, 6.45) is 0.701. The van der Waals surface area contributed by atoms with Gasteiger partial charge in [-0.2, -0.15) is 0 Å². The first-order valence-corrected chi connectivity index (χ1v) is 8.42. The fraction of sp³-hybridized carbons (Fsp3) is 0.500. The Labute approximate surface area is 125 Å². The van der Waals surface area contributed by atoms with Gasteiger partial charge in [0, 0.05) is 26.3 Å². The van der Waals surface area contributed by atoms with E-state index in [2.05, 4.69) is 10.6 Å². The van der Waals surface area contributed by atoms with Crippen molar-refractivity contribution in [3.8, 4) is 0 Å². The fourth-order valence-electron chi connectivity index (χ4n) is 1.69. The highest BCUT2D eigenvalue weighted by Gasteiger charge is 2.14. The third-order valence-electron chi connectivity index (χ3n) is 2.89. The largest absolute Gasteiger partial charge is 0.385 e. The highest BCUT2D eigenvalue weighted by atomic mass is 32.2. The average Bonchev–Trinajstić information content (AvgIpc) is 2.45. The molecule has 0 saturated carbocycles. The lowest BCUT2D eigenvalue weighted by Crippen LogP contribution is -2.42. The van der Waals surface area contributed by atoms with Gasteiger partial charge in [-0.05, 0) is 25.5 Å². The van der Waals surface area contributed by atoms with E-state index in [0.717, 1.165) is 0 Å². The van der Waals surface area contributed by atoms with E-state index in [4.69, 9.17) is 4.74 Å². The number of methoxy groups -OCH3 is 1. The first-order chi connectivity index (χ1) is 9.95. The maximum atomic E-state index is 12.0. The Kier molecular flexibility index (Phi) is 7.18. The number of hydrogen-bond donors (Lipinski definition) is 2. The smallest absolute Gasteiger partial charge is 0.315 e. The zero-order valence-corrected chi connectivity index (χ0v) is 13.2. The summed E-state index contributed by atoms with van der Waals surface area (Å²) in [6, 6.07) is 7.78. The molecule has 6 nitrogen and oxygen atoms in total. The predicted molar refractivity (Wildman–Crippen MR) is 81.0 cm³/mol. The van der Waals surface area contributed by atoms with Crippen LogP contribution in [0.3, 0.4) is 0 Å². The predicted octanol–water partition coefficient (Wildman–Crippen LogP) is 1.18. The Morgan fingerprint density at radius 2 is 1.95 bits per heavy atom. The number of sulfone groups is 1. The Hall–Kier alpha value is -1.60. The number of carbonyl (C=O) groups excluding carboxylic acids is 1. The molecule has 0 unspecified atom stereocenters. The minimum Gasteiger partial charge on any atom is -0.385 e. The van der Waals surface area contributed by atoms with Gasteiger partial charge >= 0.3 is 6.03 Å². The molecule has 0 aliphatic heterocycles. The van der Waals surface area contributed by atoms with Gasteiger partial charge in [-0.1, -0.05) is 18.2 Å². The fourth-order valence-corrected chi connectivity index (χ4v) is 2.86. The van der Waals surface area contributed by atoms with Crippen LogP contribution >= 0.6 is 0 Å². The Morgan fingerprint density at radius 3 is 2.57 bits per heavy atom. The van der Waals surface area contributed by atoms with Crippen molar-refractivity contribution in [3.63, 3.8) is 0 Å². The van der Waals surface area contributed by atoms with Crippen LogP contribution in [0.5, 0.6) is 0 Å². The van der Waals surface area contributed by atoms with E-state index in [9.17, 15) is 13.2 Å². The van der Waals surface area contributed by atoms with Crippen LogP contribution in [-0.2, 0) is 14.6 Å². The molecule has 0 aromatic heterocycles. The average molecular weight is 314 g/mol. The van der Waals surface area contributed by atoms with Crippen molar-refractivity contribution in [2.24, 2.45) is 0 Å². The maximum Gasteiger partial charge on any atom is 0.315 e. The van der Waals surface area contributed by atoms with E-state index in [1.54, 1.807) is 37.4 Å². The molecule has 2 N–H and O–H groups in total. The van der Waals surface area contributed by atoms with E-state index in [1.807, 2.05) is 6.92 Å². The molecule has 0 saturated heterocycles. The van der Waals surface area contributed by atoms with Crippen LogP contribution in [0.1, 0.15) is 13.3 Å². The van der Waals surface area contributed by atoms with Crippen LogP contribution < -0.4 is 10.6 Å². The summed E-state index contributed by atoms with van der Waals surface area (Å²) in [4.78, 5) is 11.8. The van der Waals surface area contributed by atoms with E-state index < -0.39 is 9.84 Å². The van der Waals surface area contributed by atoms with E-state index in [1.165, 1.54) is 0 Å². The molecule has 1 rings (SSSR count). The molecule has 0 aliphatic rings. The minimum atomic E-state index is -3.36. The van der Waals surface area contributed by atoms with Gasteiger partial charge in [0.2, 0.25) is 0 Å². The molecular weight excluding hydrogens is 292 g/mol. The zero-order chi connectivity index (χ0) is 15.7. The summed E-state index contributed by atoms with van der Waals surface area (Å²) in [7, 11) is -1.76. The van der Waals surface area contributed by atoms with Crippen molar-refractivity contribution < 1.29 is 17.9 Å². The quantitative estimate of drug-likeness (QED) is 0.755. The summed E-state index contributed by atoms with van der Waals surface area (Å²) in [5.74, 6) is -0.128. The van der Waals surface area contributed by atoms with Crippen LogP contribution in [0.15, 0.2) is 35.2 Å². The molecule has 0 radical (unpaired) electrons. The van der Waals surface area contributed by atoms with E-state index in [-0.39, 0.29) is 29.3 Å². The van der Waals surface area contributed by atoms with Crippen LogP contribution in [0.2, 0.25) is 0 Å². The molecule has 0 heterocycles. The van der Waals surface area contributed by atoms with Crippen LogP contribution in [0.4, 0.5) is 4.79 Å². The minimum absolute atomic E-state index is 0.0318. The second-order valence-electron chi connectivity index (χ2n) is 4.71. The van der Waals surface area contributed by atoms with Gasteiger partial charge in [0.15, 0.2) is 9.84 Å². The monoisotopic (exact) mass is 314 g/mol. The highest BCUT2D eigenvalue weighted by molar-refractivity contribution is 7.91. The Bertz CT molecular complexity index is 531. The summed E-state index contributed by atoms with van der Waals surface area (Å²) < 4.78 is 28.9. The number of ether oxygens (including phenoxy) is 1. The standard InChI is InChI=1S/C14H22N2O4S/c1-12(8-10-20-2)16-14(17)15-9-11-21(18,19)13-6-4-3-5-7-13/h3-7,12H,8-11H2,1-2H3,(H2,15,16,17)/t12-/m1/s1. The van der Waals surface area contributed by atoms with Gasteiger partial charge in [-0.25, -0.2) is 13.2 Å². The molecule has 21 heavy (non-hydrogen) atoms. The molecule has 1 atom stereocenters. The third-order valence-corrected chi connectivity index (χ3v) is 4.62. The van der Waals surface area contributed by atoms with Crippen LogP contribution in [-0.4, -0.2) is 46.5 Å². The number of rotatable bonds is 8. The van der Waals surface area contributed by atoms with E-state index in [0.29, 0.717) is 13.0 Å². The number of nitrogens with one attached hydrogen (secondary N) is 2. The molecule has 1 aromatic rings. The number of urea groups is 1. The molecule has 7 heteroatoms. The zero-order valence-electron chi connectivity index (χ0n) is 12.3. The molecule has 0 spiro atoms. The van der Waals surface area contributed by atoms with Gasteiger partial charge in [-0.3, -0.25) is 0 Å². The van der Waals surface area contributed by atoms with E-state index >= 15 is 0 Å². The SMILES string of the molecule is COCC[C@@H](C)NC(=O)NCCS(=O)(=O)c1ccccc1. The van der Waals surface area contributed by atoms with Gasteiger partial charge in [0.05, 0.1) is 10.6 Å². The molecule has 0 bridgehead atoms. The molecule has 0 aliphatic carbocycles. The number of benzene rings is 1. The Morgan fingerprint density at radius 1 is 1.29 bits per heavy atom. The van der Waals surface area contributed by atoms with Crippen molar-refractivity contribution in [1.82, 2.24) is 10.6 Å². The van der Waals surface area contributed by atoms with Gasteiger partial charge < -0.3 is 15.4 Å². The lowest BCUT2D eigenvalue weighted by atomic mass is 10.2. The van der Waals surface area contributed by atoms with Crippen molar-refractivity contribution >= 4 is 15.9 Å². The van der Waals surface area contributed by atoms with Crippen LogP contribution in [0.25, 0.3) is 0 Å². The summed E-state index contributed by atoms with van der Waals surface area (Å²) in [5, 5.41) is 5.26. The van der Waals surface area contributed by atoms with Crippen molar-refractivity contribution in [2.75, 3.05) is 26.0 Å². The van der Waals surface area contributed by atoms with Crippen molar-refractivity contribution in [3.05, 3.63) is 30.3 Å². The topological polar surface area (TPSA) is 84.5 Å². The summed E-state index contributed by atoms with van der Waals surface area (Å²) in [6.45, 7) is 2.49. The molecule has 118 valence electrons. The van der Waals surface area contributed by atoms with Gasteiger partial charge in [0.1, 0.15) is 0 Å². The summed E-state index contributed by atoms with van der Waals surface area (Å²) in [5.41, 5.74) is 0.